The second kappa shape index (κ2) is 8.87. The zero-order chi connectivity index (χ0) is 17.9. The fourth-order valence-corrected chi connectivity index (χ4v) is 2.99. The molecule has 0 aliphatic carbocycles. The molecular weight excluding hydrogens is 350 g/mol. The first-order valence-corrected chi connectivity index (χ1v) is 7.84. The maximum atomic E-state index is 12.8. The molecule has 25 heavy (non-hydrogen) atoms. The molecule has 0 bridgehead atoms. The third kappa shape index (κ3) is 4.52. The lowest BCUT2D eigenvalue weighted by atomic mass is 9.90. The van der Waals surface area contributed by atoms with Gasteiger partial charge in [-0.3, -0.25) is 14.9 Å². The van der Waals surface area contributed by atoms with E-state index >= 15 is 0 Å². The minimum absolute atomic E-state index is 0. The zero-order valence-electron chi connectivity index (χ0n) is 14.6. The van der Waals surface area contributed by atoms with Crippen molar-refractivity contribution in [3.63, 3.8) is 0 Å². The topological polar surface area (TPSA) is 108 Å². The Balaban J connectivity index is 0.00000312. The van der Waals surface area contributed by atoms with E-state index in [-0.39, 0.29) is 47.1 Å². The van der Waals surface area contributed by atoms with E-state index in [9.17, 15) is 14.9 Å². The van der Waals surface area contributed by atoms with Gasteiger partial charge >= 0.3 is 0 Å². The van der Waals surface area contributed by atoms with Crippen LogP contribution in [0.1, 0.15) is 30.1 Å². The summed E-state index contributed by atoms with van der Waals surface area (Å²) in [5.74, 6) is 0.508. The highest BCUT2D eigenvalue weighted by Crippen LogP contribution is 2.35. The monoisotopic (exact) mass is 373 g/mol. The molecule has 1 aromatic carbocycles. The maximum Gasteiger partial charge on any atom is 0.286 e. The van der Waals surface area contributed by atoms with E-state index in [1.807, 2.05) is 6.92 Å². The summed E-state index contributed by atoms with van der Waals surface area (Å²) in [6.07, 6.45) is 1.59. The van der Waals surface area contributed by atoms with Crippen LogP contribution in [0.3, 0.4) is 0 Å². The third-order valence-corrected chi connectivity index (χ3v) is 4.50. The van der Waals surface area contributed by atoms with Crippen molar-refractivity contribution in [1.29, 1.82) is 0 Å². The largest absolute Gasteiger partial charge is 0.493 e. The second-order valence-corrected chi connectivity index (χ2v) is 5.97. The van der Waals surface area contributed by atoms with Crippen LogP contribution < -0.4 is 15.2 Å². The Bertz CT molecular complexity index is 630. The predicted octanol–water partition coefficient (Wildman–Crippen LogP) is 2.23. The zero-order valence-corrected chi connectivity index (χ0v) is 15.4. The molecule has 0 saturated carbocycles. The Morgan fingerprint density at radius 3 is 2.24 bits per heavy atom. The highest BCUT2D eigenvalue weighted by Gasteiger charge is 2.31. The Labute approximate surface area is 152 Å². The normalized spacial score (nSPS) is 15.9. The SMILES string of the molecule is COc1cc(C(=O)N2CCC(C(C)N)CC2)c([N+](=O)[O-])cc1OC.Cl. The van der Waals surface area contributed by atoms with Gasteiger partial charge in [-0.05, 0) is 25.7 Å². The Morgan fingerprint density at radius 2 is 1.80 bits per heavy atom. The first-order valence-electron chi connectivity index (χ1n) is 7.84. The number of halogens is 1. The fraction of sp³-hybridized carbons (Fsp3) is 0.562. The quantitative estimate of drug-likeness (QED) is 0.626. The molecular formula is C16H24ClN3O5. The average molecular weight is 374 g/mol. The van der Waals surface area contributed by atoms with E-state index in [0.29, 0.717) is 19.0 Å². The van der Waals surface area contributed by atoms with E-state index < -0.39 is 4.92 Å². The fourth-order valence-electron chi connectivity index (χ4n) is 2.99. The molecule has 1 amide bonds. The lowest BCUT2D eigenvalue weighted by Crippen LogP contribution is -2.42. The lowest BCUT2D eigenvalue weighted by Gasteiger charge is -2.33. The Morgan fingerprint density at radius 1 is 1.28 bits per heavy atom. The van der Waals surface area contributed by atoms with Crippen LogP contribution in [0.15, 0.2) is 12.1 Å². The van der Waals surface area contributed by atoms with Gasteiger partial charge in [-0.1, -0.05) is 0 Å². The molecule has 8 nitrogen and oxygen atoms in total. The smallest absolute Gasteiger partial charge is 0.286 e. The second-order valence-electron chi connectivity index (χ2n) is 5.97. The average Bonchev–Trinajstić information content (AvgIpc) is 2.59. The number of hydrogen-bond donors (Lipinski definition) is 1. The molecule has 1 fully saturated rings. The summed E-state index contributed by atoms with van der Waals surface area (Å²) in [6, 6.07) is 2.68. The van der Waals surface area contributed by atoms with Crippen molar-refractivity contribution in [2.45, 2.75) is 25.8 Å². The van der Waals surface area contributed by atoms with Gasteiger partial charge in [0.2, 0.25) is 0 Å². The van der Waals surface area contributed by atoms with Crippen molar-refractivity contribution < 1.29 is 19.2 Å². The number of nitrogens with zero attached hydrogens (tertiary/aromatic N) is 2. The van der Waals surface area contributed by atoms with Crippen molar-refractivity contribution in [2.75, 3.05) is 27.3 Å². The highest BCUT2D eigenvalue weighted by molar-refractivity contribution is 5.99. The molecule has 1 saturated heterocycles. The Hall–Kier alpha value is -2.06. The third-order valence-electron chi connectivity index (χ3n) is 4.50. The molecule has 1 aromatic rings. The predicted molar refractivity (Wildman–Crippen MR) is 95.7 cm³/mol. The molecule has 1 atom stereocenters. The van der Waals surface area contributed by atoms with Gasteiger partial charge in [0.05, 0.1) is 25.2 Å². The minimum atomic E-state index is -0.579. The maximum absolute atomic E-state index is 12.8. The number of rotatable bonds is 5. The number of methoxy groups -OCH3 is 2. The van der Waals surface area contributed by atoms with Crippen LogP contribution >= 0.6 is 12.4 Å². The number of piperidine rings is 1. The van der Waals surface area contributed by atoms with Crippen LogP contribution in [0.25, 0.3) is 0 Å². The van der Waals surface area contributed by atoms with E-state index in [4.69, 9.17) is 15.2 Å². The number of carbonyl (C=O) groups excluding carboxylic acids is 1. The summed E-state index contributed by atoms with van der Waals surface area (Å²) in [6.45, 7) is 3.04. The summed E-state index contributed by atoms with van der Waals surface area (Å²) < 4.78 is 10.2. The number of carbonyl (C=O) groups is 1. The molecule has 1 aliphatic heterocycles. The molecule has 0 radical (unpaired) electrons. The number of amides is 1. The summed E-state index contributed by atoms with van der Waals surface area (Å²) in [5, 5.41) is 11.3. The first kappa shape index (κ1) is 21.0. The van der Waals surface area contributed by atoms with Gasteiger partial charge in [-0.25, -0.2) is 0 Å². The van der Waals surface area contributed by atoms with Crippen LogP contribution in [0, 0.1) is 16.0 Å². The van der Waals surface area contributed by atoms with Crippen molar-refractivity contribution in [3.05, 3.63) is 27.8 Å². The van der Waals surface area contributed by atoms with Gasteiger partial charge in [-0.2, -0.15) is 0 Å². The number of nitrogens with two attached hydrogens (primary N) is 1. The minimum Gasteiger partial charge on any atom is -0.493 e. The van der Waals surface area contributed by atoms with E-state index in [0.717, 1.165) is 12.8 Å². The van der Waals surface area contributed by atoms with Gasteiger partial charge in [0.1, 0.15) is 5.56 Å². The van der Waals surface area contributed by atoms with E-state index in [1.165, 1.54) is 26.4 Å². The number of nitro benzene ring substituents is 1. The van der Waals surface area contributed by atoms with Gasteiger partial charge in [0.15, 0.2) is 11.5 Å². The van der Waals surface area contributed by atoms with Crippen molar-refractivity contribution in [3.8, 4) is 11.5 Å². The van der Waals surface area contributed by atoms with Crippen LogP contribution in [-0.2, 0) is 0 Å². The number of likely N-dealkylation sites (tertiary alicyclic amines) is 1. The molecule has 1 aliphatic rings. The van der Waals surface area contributed by atoms with Crippen LogP contribution in [0.4, 0.5) is 5.69 Å². The van der Waals surface area contributed by atoms with Crippen molar-refractivity contribution in [1.82, 2.24) is 4.90 Å². The summed E-state index contributed by atoms with van der Waals surface area (Å²) in [5.41, 5.74) is 5.64. The van der Waals surface area contributed by atoms with E-state index in [2.05, 4.69) is 0 Å². The van der Waals surface area contributed by atoms with Gasteiger partial charge in [0, 0.05) is 25.2 Å². The summed E-state index contributed by atoms with van der Waals surface area (Å²) >= 11 is 0. The van der Waals surface area contributed by atoms with E-state index in [1.54, 1.807) is 4.90 Å². The number of ether oxygens (including phenoxy) is 2. The molecule has 0 aromatic heterocycles. The highest BCUT2D eigenvalue weighted by atomic mass is 35.5. The van der Waals surface area contributed by atoms with Crippen LogP contribution in [0.5, 0.6) is 11.5 Å². The number of hydrogen-bond acceptors (Lipinski definition) is 6. The lowest BCUT2D eigenvalue weighted by molar-refractivity contribution is -0.385. The molecule has 2 N–H and O–H groups in total. The standard InChI is InChI=1S/C16H23N3O5.ClH/c1-10(17)11-4-6-18(7-5-11)16(20)12-8-14(23-2)15(24-3)9-13(12)19(21)22;/h8-11H,4-7,17H2,1-3H3;1H. The molecule has 1 unspecified atom stereocenters. The number of benzene rings is 1. The first-order chi connectivity index (χ1) is 11.4. The molecule has 0 spiro atoms. The summed E-state index contributed by atoms with van der Waals surface area (Å²) in [4.78, 5) is 25.2. The van der Waals surface area contributed by atoms with Crippen molar-refractivity contribution in [2.24, 2.45) is 11.7 Å². The van der Waals surface area contributed by atoms with Gasteiger partial charge in [-0.15, -0.1) is 12.4 Å². The molecule has 1 heterocycles. The van der Waals surface area contributed by atoms with Crippen LogP contribution in [-0.4, -0.2) is 49.1 Å². The van der Waals surface area contributed by atoms with Gasteiger partial charge in [0.25, 0.3) is 11.6 Å². The van der Waals surface area contributed by atoms with Gasteiger partial charge < -0.3 is 20.1 Å². The molecule has 140 valence electrons. The number of nitro groups is 1. The Kier molecular flexibility index (Phi) is 7.44. The molecule has 9 heteroatoms. The molecule has 2 rings (SSSR count). The summed E-state index contributed by atoms with van der Waals surface area (Å²) in [7, 11) is 2.81. The van der Waals surface area contributed by atoms with Crippen molar-refractivity contribution >= 4 is 24.0 Å². The van der Waals surface area contributed by atoms with Crippen LogP contribution in [0.2, 0.25) is 0 Å².